The Balaban J connectivity index is 2.42. The summed E-state index contributed by atoms with van der Waals surface area (Å²) in [6.45, 7) is 0. The first-order valence-corrected chi connectivity index (χ1v) is 3.31. The molecule has 1 nitrogen and oxygen atoms in total. The van der Waals surface area contributed by atoms with E-state index in [1.54, 1.807) is 0 Å². The van der Waals surface area contributed by atoms with Crippen molar-refractivity contribution in [3.8, 4) is 0 Å². The molecule has 0 saturated heterocycles. The van der Waals surface area contributed by atoms with Gasteiger partial charge in [0.2, 0.25) is 0 Å². The van der Waals surface area contributed by atoms with Crippen molar-refractivity contribution in [3.05, 3.63) is 11.8 Å². The number of hydrogen-bond acceptors (Lipinski definition) is 1. The van der Waals surface area contributed by atoms with E-state index in [0.29, 0.717) is 5.38 Å². The molecule has 1 atom stereocenters. The van der Waals surface area contributed by atoms with Crippen LogP contribution in [0.4, 0.5) is 0 Å². The lowest BCUT2D eigenvalue weighted by molar-refractivity contribution is 0.704. The molecule has 0 aromatic heterocycles. The van der Waals surface area contributed by atoms with Gasteiger partial charge in [0.05, 0.1) is 0 Å². The van der Waals surface area contributed by atoms with Crippen LogP contribution in [0.5, 0.6) is 0 Å². The summed E-state index contributed by atoms with van der Waals surface area (Å²) >= 11 is 5.78. The average molecular weight is 132 g/mol. The molecule has 1 rings (SSSR count). The van der Waals surface area contributed by atoms with Crippen molar-refractivity contribution in [1.82, 2.24) is 0 Å². The van der Waals surface area contributed by atoms with Gasteiger partial charge in [-0.05, 0) is 19.3 Å². The largest absolute Gasteiger partial charge is 0.402 e. The lowest BCUT2D eigenvalue weighted by Crippen LogP contribution is -2.08. The maximum Gasteiger partial charge on any atom is 0.0374 e. The molecule has 2 N–H and O–H groups in total. The van der Waals surface area contributed by atoms with Gasteiger partial charge in [0.1, 0.15) is 0 Å². The minimum Gasteiger partial charge on any atom is -0.402 e. The molecule has 0 aromatic carbocycles. The van der Waals surface area contributed by atoms with Crippen LogP contribution in [0.3, 0.4) is 0 Å². The van der Waals surface area contributed by atoms with Gasteiger partial charge in [0, 0.05) is 11.1 Å². The van der Waals surface area contributed by atoms with Crippen molar-refractivity contribution in [2.75, 3.05) is 0 Å². The summed E-state index contributed by atoms with van der Waals surface area (Å²) in [6.07, 6.45) is 4.99. The van der Waals surface area contributed by atoms with Crippen LogP contribution in [0.1, 0.15) is 19.3 Å². The van der Waals surface area contributed by atoms with Crippen LogP contribution in [0.25, 0.3) is 0 Å². The standard InChI is InChI=1S/C6H10ClN/c7-5-1-3-6(8)4-2-5/h3,5H,1-2,4,8H2. The van der Waals surface area contributed by atoms with Gasteiger partial charge in [-0.1, -0.05) is 6.08 Å². The predicted octanol–water partition coefficient (Wildman–Crippen LogP) is 1.62. The summed E-state index contributed by atoms with van der Waals surface area (Å²) in [5.41, 5.74) is 6.50. The van der Waals surface area contributed by atoms with Crippen LogP contribution in [-0.4, -0.2) is 5.38 Å². The molecule has 46 valence electrons. The van der Waals surface area contributed by atoms with Gasteiger partial charge in [-0.15, -0.1) is 11.6 Å². The summed E-state index contributed by atoms with van der Waals surface area (Å²) in [6, 6.07) is 0. The molecule has 1 aliphatic rings. The van der Waals surface area contributed by atoms with Crippen LogP contribution in [-0.2, 0) is 0 Å². The molecule has 0 aromatic rings. The Morgan fingerprint density at radius 2 is 2.50 bits per heavy atom. The van der Waals surface area contributed by atoms with E-state index in [1.165, 1.54) is 0 Å². The molecule has 0 bridgehead atoms. The van der Waals surface area contributed by atoms with E-state index in [2.05, 4.69) is 0 Å². The average Bonchev–Trinajstić information content (AvgIpc) is 1.77. The van der Waals surface area contributed by atoms with Gasteiger partial charge in [0.25, 0.3) is 0 Å². The number of nitrogens with two attached hydrogens (primary N) is 1. The molecular formula is C6H10ClN. The highest BCUT2D eigenvalue weighted by Crippen LogP contribution is 2.18. The van der Waals surface area contributed by atoms with E-state index in [4.69, 9.17) is 17.3 Å². The monoisotopic (exact) mass is 131 g/mol. The summed E-state index contributed by atoms with van der Waals surface area (Å²) < 4.78 is 0. The lowest BCUT2D eigenvalue weighted by Gasteiger charge is -2.12. The van der Waals surface area contributed by atoms with Crippen molar-refractivity contribution in [2.24, 2.45) is 5.73 Å². The second-order valence-electron chi connectivity index (χ2n) is 2.15. The van der Waals surface area contributed by atoms with Gasteiger partial charge in [0.15, 0.2) is 0 Å². The predicted molar refractivity (Wildman–Crippen MR) is 35.8 cm³/mol. The van der Waals surface area contributed by atoms with Gasteiger partial charge >= 0.3 is 0 Å². The number of rotatable bonds is 0. The fraction of sp³-hybridized carbons (Fsp3) is 0.667. The highest BCUT2D eigenvalue weighted by Gasteiger charge is 2.07. The molecule has 1 unspecified atom stereocenters. The first-order valence-electron chi connectivity index (χ1n) is 2.87. The molecule has 8 heavy (non-hydrogen) atoms. The highest BCUT2D eigenvalue weighted by molar-refractivity contribution is 6.20. The first-order chi connectivity index (χ1) is 3.79. The third-order valence-corrected chi connectivity index (χ3v) is 1.78. The molecule has 0 heterocycles. The zero-order valence-electron chi connectivity index (χ0n) is 4.73. The molecule has 0 saturated carbocycles. The molecule has 0 fully saturated rings. The van der Waals surface area contributed by atoms with E-state index in [1.807, 2.05) is 6.08 Å². The number of halogens is 1. The third kappa shape index (κ3) is 1.41. The van der Waals surface area contributed by atoms with E-state index in [9.17, 15) is 0 Å². The molecule has 1 aliphatic carbocycles. The molecule has 2 heteroatoms. The molecule has 0 aliphatic heterocycles. The number of allylic oxidation sites excluding steroid dienone is 2. The Morgan fingerprint density at radius 1 is 1.75 bits per heavy atom. The van der Waals surface area contributed by atoms with E-state index in [-0.39, 0.29) is 0 Å². The first kappa shape index (κ1) is 5.96. The maximum absolute atomic E-state index is 5.78. The minimum absolute atomic E-state index is 0.335. The second-order valence-corrected chi connectivity index (χ2v) is 2.77. The fourth-order valence-corrected chi connectivity index (χ4v) is 1.02. The van der Waals surface area contributed by atoms with Crippen molar-refractivity contribution < 1.29 is 0 Å². The Labute approximate surface area is 54.5 Å². The van der Waals surface area contributed by atoms with Gasteiger partial charge in [-0.2, -0.15) is 0 Å². The summed E-state index contributed by atoms with van der Waals surface area (Å²) in [5.74, 6) is 0. The van der Waals surface area contributed by atoms with E-state index >= 15 is 0 Å². The van der Waals surface area contributed by atoms with Gasteiger partial charge in [-0.3, -0.25) is 0 Å². The maximum atomic E-state index is 5.78. The van der Waals surface area contributed by atoms with Crippen LogP contribution in [0.15, 0.2) is 11.8 Å². The smallest absolute Gasteiger partial charge is 0.0374 e. The lowest BCUT2D eigenvalue weighted by atomic mass is 10.1. The Kier molecular flexibility index (Phi) is 1.79. The van der Waals surface area contributed by atoms with Crippen molar-refractivity contribution in [2.45, 2.75) is 24.6 Å². The summed E-state index contributed by atoms with van der Waals surface area (Å²) in [4.78, 5) is 0. The third-order valence-electron chi connectivity index (χ3n) is 1.38. The highest BCUT2D eigenvalue weighted by atomic mass is 35.5. The Morgan fingerprint density at radius 3 is 2.88 bits per heavy atom. The number of alkyl halides is 1. The van der Waals surface area contributed by atoms with Crippen LogP contribution in [0, 0.1) is 0 Å². The van der Waals surface area contributed by atoms with Crippen molar-refractivity contribution in [3.63, 3.8) is 0 Å². The molecule has 0 radical (unpaired) electrons. The summed E-state index contributed by atoms with van der Waals surface area (Å²) in [5, 5.41) is 0.335. The topological polar surface area (TPSA) is 26.0 Å². The van der Waals surface area contributed by atoms with Gasteiger partial charge < -0.3 is 5.73 Å². The zero-order chi connectivity index (χ0) is 5.98. The Bertz CT molecular complexity index is 109. The normalized spacial score (nSPS) is 29.6. The quantitative estimate of drug-likeness (QED) is 0.497. The SMILES string of the molecule is NC1=CCC(Cl)CC1. The van der Waals surface area contributed by atoms with E-state index < -0.39 is 0 Å². The second kappa shape index (κ2) is 2.40. The molecule has 0 amide bonds. The van der Waals surface area contributed by atoms with Crippen molar-refractivity contribution in [1.29, 1.82) is 0 Å². The van der Waals surface area contributed by atoms with Crippen LogP contribution >= 0.6 is 11.6 Å². The van der Waals surface area contributed by atoms with Crippen molar-refractivity contribution >= 4 is 11.6 Å². The van der Waals surface area contributed by atoms with Crippen LogP contribution < -0.4 is 5.73 Å². The number of hydrogen-bond donors (Lipinski definition) is 1. The summed E-state index contributed by atoms with van der Waals surface area (Å²) in [7, 11) is 0. The van der Waals surface area contributed by atoms with Gasteiger partial charge in [-0.25, -0.2) is 0 Å². The van der Waals surface area contributed by atoms with E-state index in [0.717, 1.165) is 25.0 Å². The molecule has 0 spiro atoms. The Hall–Kier alpha value is -0.170. The minimum atomic E-state index is 0.335. The molecular weight excluding hydrogens is 122 g/mol. The fourth-order valence-electron chi connectivity index (χ4n) is 0.822. The van der Waals surface area contributed by atoms with Crippen LogP contribution in [0.2, 0.25) is 0 Å². The zero-order valence-corrected chi connectivity index (χ0v) is 5.49.